The number of nitrogens with zero attached hydrogens (tertiary/aromatic N) is 4. The van der Waals surface area contributed by atoms with E-state index >= 15 is 0 Å². The molecule has 0 bridgehead atoms. The van der Waals surface area contributed by atoms with Crippen LogP contribution in [0, 0.1) is 11.3 Å². The Labute approximate surface area is 128 Å². The molecule has 22 heavy (non-hydrogen) atoms. The van der Waals surface area contributed by atoms with Gasteiger partial charge < -0.3 is 5.32 Å². The highest BCUT2D eigenvalue weighted by Gasteiger charge is 2.09. The highest BCUT2D eigenvalue weighted by molar-refractivity contribution is 5.52. The van der Waals surface area contributed by atoms with E-state index in [0.29, 0.717) is 11.4 Å². The van der Waals surface area contributed by atoms with Gasteiger partial charge in [0.05, 0.1) is 11.3 Å². The molecule has 0 amide bonds. The first-order chi connectivity index (χ1) is 10.8. The Morgan fingerprint density at radius 1 is 1.14 bits per heavy atom. The molecular formula is C17H15N5. The Bertz CT molecular complexity index is 785. The summed E-state index contributed by atoms with van der Waals surface area (Å²) in [6.45, 7) is 2.04. The summed E-state index contributed by atoms with van der Waals surface area (Å²) < 4.78 is 1.81. The lowest BCUT2D eigenvalue weighted by atomic mass is 10.1. The maximum atomic E-state index is 9.10. The second-order valence-electron chi connectivity index (χ2n) is 4.92. The van der Waals surface area contributed by atoms with E-state index in [4.69, 9.17) is 5.26 Å². The number of benzene rings is 1. The molecule has 0 spiro atoms. The van der Waals surface area contributed by atoms with Crippen LogP contribution < -0.4 is 5.32 Å². The van der Waals surface area contributed by atoms with E-state index in [9.17, 15) is 0 Å². The minimum absolute atomic E-state index is 0.0497. The zero-order valence-corrected chi connectivity index (χ0v) is 12.1. The lowest BCUT2D eigenvalue weighted by Crippen LogP contribution is -2.09. The summed E-state index contributed by atoms with van der Waals surface area (Å²) in [5.74, 6) is 0.605. The molecule has 108 valence electrons. The van der Waals surface area contributed by atoms with E-state index in [-0.39, 0.29) is 6.04 Å². The zero-order chi connectivity index (χ0) is 15.4. The predicted octanol–water partition coefficient (Wildman–Crippen LogP) is 3.31. The number of hydrogen-bond acceptors (Lipinski definition) is 4. The number of pyridine rings is 1. The molecule has 0 radical (unpaired) electrons. The average molecular weight is 289 g/mol. The summed E-state index contributed by atoms with van der Waals surface area (Å²) in [7, 11) is 0. The van der Waals surface area contributed by atoms with Crippen LogP contribution in [0.1, 0.15) is 24.1 Å². The first kappa shape index (κ1) is 13.8. The molecule has 3 rings (SSSR count). The lowest BCUT2D eigenvalue weighted by Gasteiger charge is -2.16. The monoisotopic (exact) mass is 289 g/mol. The third-order valence-corrected chi connectivity index (χ3v) is 3.44. The van der Waals surface area contributed by atoms with Crippen molar-refractivity contribution in [3.63, 3.8) is 0 Å². The topological polar surface area (TPSA) is 66.5 Å². The second-order valence-corrected chi connectivity index (χ2v) is 4.92. The van der Waals surface area contributed by atoms with Gasteiger partial charge in [-0.2, -0.15) is 10.4 Å². The molecule has 1 N–H and O–H groups in total. The van der Waals surface area contributed by atoms with Crippen LogP contribution in [0.2, 0.25) is 0 Å². The maximum Gasteiger partial charge on any atom is 0.144 e. The summed E-state index contributed by atoms with van der Waals surface area (Å²) in [5, 5.41) is 16.6. The molecule has 0 saturated carbocycles. The van der Waals surface area contributed by atoms with Gasteiger partial charge in [-0.25, -0.2) is 9.67 Å². The normalized spacial score (nSPS) is 11.6. The van der Waals surface area contributed by atoms with Crippen LogP contribution >= 0.6 is 0 Å². The first-order valence-electron chi connectivity index (χ1n) is 6.99. The van der Waals surface area contributed by atoms with Crippen LogP contribution in [0.25, 0.3) is 5.69 Å². The third kappa shape index (κ3) is 2.81. The second kappa shape index (κ2) is 6.10. The third-order valence-electron chi connectivity index (χ3n) is 3.44. The number of aromatic nitrogens is 3. The van der Waals surface area contributed by atoms with Gasteiger partial charge in [0.15, 0.2) is 0 Å². The van der Waals surface area contributed by atoms with Gasteiger partial charge in [0.2, 0.25) is 0 Å². The van der Waals surface area contributed by atoms with Gasteiger partial charge in [-0.05, 0) is 42.8 Å². The molecule has 1 atom stereocenters. The highest BCUT2D eigenvalue weighted by atomic mass is 15.3. The molecule has 5 heteroatoms. The Hall–Kier alpha value is -3.13. The molecule has 1 unspecified atom stereocenters. The van der Waals surface area contributed by atoms with E-state index in [1.54, 1.807) is 24.5 Å². The summed E-state index contributed by atoms with van der Waals surface area (Å²) in [6.07, 6.45) is 5.34. The summed E-state index contributed by atoms with van der Waals surface area (Å²) in [5.41, 5.74) is 2.67. The summed E-state index contributed by atoms with van der Waals surface area (Å²) in [6, 6.07) is 15.7. The van der Waals surface area contributed by atoms with Gasteiger partial charge in [0.25, 0.3) is 0 Å². The fraction of sp³-hybridized carbons (Fsp3) is 0.118. The minimum Gasteiger partial charge on any atom is -0.362 e. The molecule has 1 aromatic carbocycles. The number of anilines is 1. The van der Waals surface area contributed by atoms with Crippen LogP contribution in [0.4, 0.5) is 5.82 Å². The van der Waals surface area contributed by atoms with Crippen LogP contribution in [0.3, 0.4) is 0 Å². The van der Waals surface area contributed by atoms with Gasteiger partial charge in [-0.1, -0.05) is 12.1 Å². The molecule has 3 aromatic rings. The Morgan fingerprint density at radius 3 is 2.64 bits per heavy atom. The Balaban J connectivity index is 1.78. The van der Waals surface area contributed by atoms with Gasteiger partial charge >= 0.3 is 0 Å². The molecular weight excluding hydrogens is 274 g/mol. The van der Waals surface area contributed by atoms with Crippen LogP contribution in [0.15, 0.2) is 61.1 Å². The first-order valence-corrected chi connectivity index (χ1v) is 6.99. The van der Waals surface area contributed by atoms with E-state index in [2.05, 4.69) is 21.5 Å². The number of nitriles is 1. The molecule has 2 heterocycles. The zero-order valence-electron chi connectivity index (χ0n) is 12.1. The van der Waals surface area contributed by atoms with Crippen molar-refractivity contribution < 1.29 is 0 Å². The fourth-order valence-electron chi connectivity index (χ4n) is 2.24. The van der Waals surface area contributed by atoms with Gasteiger partial charge in [-0.3, -0.25) is 0 Å². The van der Waals surface area contributed by atoms with E-state index < -0.39 is 0 Å². The van der Waals surface area contributed by atoms with Crippen LogP contribution in [-0.2, 0) is 0 Å². The van der Waals surface area contributed by atoms with Crippen molar-refractivity contribution in [3.8, 4) is 11.8 Å². The highest BCUT2D eigenvalue weighted by Crippen LogP contribution is 2.21. The SMILES string of the molecule is CC(Nc1ncccc1C#N)c1ccc(-n2cccn2)cc1. The van der Waals surface area contributed by atoms with Gasteiger partial charge in [-0.15, -0.1) is 0 Å². The molecule has 0 fully saturated rings. The average Bonchev–Trinajstić information content (AvgIpc) is 3.10. The number of rotatable bonds is 4. The van der Waals surface area contributed by atoms with Crippen molar-refractivity contribution in [2.45, 2.75) is 13.0 Å². The van der Waals surface area contributed by atoms with Crippen molar-refractivity contribution >= 4 is 5.82 Å². The Morgan fingerprint density at radius 2 is 1.95 bits per heavy atom. The molecule has 0 saturated heterocycles. The standard InChI is InChI=1S/C17H15N5/c1-13(21-17-15(12-18)4-2-9-19-17)14-5-7-16(8-6-14)22-11-3-10-20-22/h2-11,13H,1H3,(H,19,21). The maximum absolute atomic E-state index is 9.10. The summed E-state index contributed by atoms with van der Waals surface area (Å²) in [4.78, 5) is 4.23. The minimum atomic E-state index is 0.0497. The fourth-order valence-corrected chi connectivity index (χ4v) is 2.24. The Kier molecular flexibility index (Phi) is 3.84. The molecule has 5 nitrogen and oxygen atoms in total. The molecule has 0 aliphatic heterocycles. The van der Waals surface area contributed by atoms with Gasteiger partial charge in [0.1, 0.15) is 11.9 Å². The molecule has 2 aromatic heterocycles. The van der Waals surface area contributed by atoms with Crippen LogP contribution in [-0.4, -0.2) is 14.8 Å². The molecule has 0 aliphatic rings. The van der Waals surface area contributed by atoms with E-state index in [1.165, 1.54) is 0 Å². The van der Waals surface area contributed by atoms with Crippen molar-refractivity contribution in [1.82, 2.24) is 14.8 Å². The largest absolute Gasteiger partial charge is 0.362 e. The molecule has 0 aliphatic carbocycles. The van der Waals surface area contributed by atoms with Crippen molar-refractivity contribution in [2.24, 2.45) is 0 Å². The van der Waals surface area contributed by atoms with E-state index in [0.717, 1.165) is 11.3 Å². The van der Waals surface area contributed by atoms with Gasteiger partial charge in [0, 0.05) is 24.6 Å². The lowest BCUT2D eigenvalue weighted by molar-refractivity contribution is 0.858. The quantitative estimate of drug-likeness (QED) is 0.800. The van der Waals surface area contributed by atoms with E-state index in [1.807, 2.05) is 48.1 Å². The smallest absolute Gasteiger partial charge is 0.144 e. The predicted molar refractivity (Wildman–Crippen MR) is 84.6 cm³/mol. The van der Waals surface area contributed by atoms with Crippen molar-refractivity contribution in [2.75, 3.05) is 5.32 Å². The summed E-state index contributed by atoms with van der Waals surface area (Å²) >= 11 is 0. The van der Waals surface area contributed by atoms with Crippen LogP contribution in [0.5, 0.6) is 0 Å². The number of nitrogens with one attached hydrogen (secondary N) is 1. The van der Waals surface area contributed by atoms with Crippen molar-refractivity contribution in [1.29, 1.82) is 5.26 Å². The number of hydrogen-bond donors (Lipinski definition) is 1. The van der Waals surface area contributed by atoms with Crippen molar-refractivity contribution in [3.05, 3.63) is 72.2 Å².